The van der Waals surface area contributed by atoms with Crippen LogP contribution in [-0.2, 0) is 9.53 Å². The molecule has 2 nitrogen and oxygen atoms in total. The number of benzene rings is 1. The van der Waals surface area contributed by atoms with Gasteiger partial charge in [0.15, 0.2) is 5.78 Å². The van der Waals surface area contributed by atoms with Crippen LogP contribution in [0.3, 0.4) is 0 Å². The first-order chi connectivity index (χ1) is 11.6. The molecule has 0 fully saturated rings. The summed E-state index contributed by atoms with van der Waals surface area (Å²) >= 11 is 0. The van der Waals surface area contributed by atoms with Gasteiger partial charge in [0, 0.05) is 12.0 Å². The van der Waals surface area contributed by atoms with E-state index in [9.17, 15) is 4.79 Å². The maximum absolute atomic E-state index is 11.8. The van der Waals surface area contributed by atoms with E-state index >= 15 is 0 Å². The number of Topliss-reactive ketones (excluding diaryl/α,β-unsaturated/α-hetero) is 1. The standard InChI is InChI=1S/C23H36O2/c1-10-22(24)17(8)13-25-18(9)23-20(15(4)5)11-19(14(2)3)12-21(23)16(6)7/h11-16,18H,10H2,1-9H3/b17-13+/t18-/m1/s1. The highest BCUT2D eigenvalue weighted by molar-refractivity contribution is 5.94. The molecule has 0 spiro atoms. The minimum atomic E-state index is -0.0735. The molecule has 0 aliphatic heterocycles. The highest BCUT2D eigenvalue weighted by Crippen LogP contribution is 2.37. The maximum Gasteiger partial charge on any atom is 0.161 e. The van der Waals surface area contributed by atoms with E-state index in [1.165, 1.54) is 22.3 Å². The summed E-state index contributed by atoms with van der Waals surface area (Å²) in [5.74, 6) is 1.50. The quantitative estimate of drug-likeness (QED) is 0.374. The van der Waals surface area contributed by atoms with Gasteiger partial charge in [0.25, 0.3) is 0 Å². The molecular formula is C23H36O2. The summed E-state index contributed by atoms with van der Waals surface area (Å²) in [5.41, 5.74) is 6.06. The monoisotopic (exact) mass is 344 g/mol. The second-order valence-corrected chi connectivity index (χ2v) is 7.93. The number of ether oxygens (including phenoxy) is 1. The molecule has 0 aliphatic carbocycles. The first kappa shape index (κ1) is 21.5. The van der Waals surface area contributed by atoms with Crippen LogP contribution in [0.15, 0.2) is 24.0 Å². The lowest BCUT2D eigenvalue weighted by Gasteiger charge is -2.26. The van der Waals surface area contributed by atoms with Crippen molar-refractivity contribution in [3.63, 3.8) is 0 Å². The molecule has 0 bridgehead atoms. The summed E-state index contributed by atoms with van der Waals surface area (Å²) in [4.78, 5) is 11.8. The molecule has 140 valence electrons. The average molecular weight is 345 g/mol. The van der Waals surface area contributed by atoms with Crippen molar-refractivity contribution in [2.45, 2.75) is 92.6 Å². The lowest BCUT2D eigenvalue weighted by Crippen LogP contribution is -2.11. The normalized spacial score (nSPS) is 13.7. The Morgan fingerprint density at radius 1 is 0.960 bits per heavy atom. The van der Waals surface area contributed by atoms with Crippen LogP contribution in [0.1, 0.15) is 115 Å². The predicted octanol–water partition coefficient (Wildman–Crippen LogP) is 7.02. The third kappa shape index (κ3) is 5.45. The Labute approximate surface area is 154 Å². The number of rotatable bonds is 8. The van der Waals surface area contributed by atoms with Crippen molar-refractivity contribution < 1.29 is 9.53 Å². The number of hydrogen-bond acceptors (Lipinski definition) is 2. The van der Waals surface area contributed by atoms with Crippen LogP contribution >= 0.6 is 0 Å². The Balaban J connectivity index is 3.38. The van der Waals surface area contributed by atoms with Crippen molar-refractivity contribution in [1.82, 2.24) is 0 Å². The van der Waals surface area contributed by atoms with Crippen LogP contribution in [0.4, 0.5) is 0 Å². The number of ketones is 1. The van der Waals surface area contributed by atoms with Crippen LogP contribution < -0.4 is 0 Å². The maximum atomic E-state index is 11.8. The van der Waals surface area contributed by atoms with Gasteiger partial charge in [0.2, 0.25) is 0 Å². The Morgan fingerprint density at radius 2 is 1.44 bits per heavy atom. The van der Waals surface area contributed by atoms with Gasteiger partial charge in [-0.15, -0.1) is 0 Å². The first-order valence-electron chi connectivity index (χ1n) is 9.63. The van der Waals surface area contributed by atoms with Crippen LogP contribution in [-0.4, -0.2) is 5.78 Å². The van der Waals surface area contributed by atoms with Crippen molar-refractivity contribution in [2.24, 2.45) is 0 Å². The number of allylic oxidation sites excluding steroid dienone is 1. The fraction of sp³-hybridized carbons (Fsp3) is 0.609. The van der Waals surface area contributed by atoms with E-state index < -0.39 is 0 Å². The minimum absolute atomic E-state index is 0.0735. The predicted molar refractivity (Wildman–Crippen MR) is 107 cm³/mol. The Morgan fingerprint density at radius 3 is 1.80 bits per heavy atom. The number of carbonyl (C=O) groups is 1. The van der Waals surface area contributed by atoms with Crippen molar-refractivity contribution in [2.75, 3.05) is 0 Å². The van der Waals surface area contributed by atoms with Gasteiger partial charge >= 0.3 is 0 Å². The molecule has 0 saturated heterocycles. The topological polar surface area (TPSA) is 26.3 Å². The van der Waals surface area contributed by atoms with Gasteiger partial charge in [-0.3, -0.25) is 4.79 Å². The Hall–Kier alpha value is -1.57. The smallest absolute Gasteiger partial charge is 0.161 e. The van der Waals surface area contributed by atoms with Gasteiger partial charge in [0.1, 0.15) is 6.10 Å². The van der Waals surface area contributed by atoms with Gasteiger partial charge in [-0.25, -0.2) is 0 Å². The van der Waals surface area contributed by atoms with Crippen molar-refractivity contribution >= 4 is 5.78 Å². The molecule has 0 radical (unpaired) electrons. The molecule has 0 aliphatic rings. The molecule has 1 aromatic carbocycles. The number of carbonyl (C=O) groups excluding carboxylic acids is 1. The molecular weight excluding hydrogens is 308 g/mol. The summed E-state index contributed by atoms with van der Waals surface area (Å²) in [6, 6.07) is 4.67. The van der Waals surface area contributed by atoms with E-state index in [1.807, 2.05) is 13.8 Å². The van der Waals surface area contributed by atoms with E-state index in [2.05, 4.69) is 60.6 Å². The van der Waals surface area contributed by atoms with Crippen molar-refractivity contribution in [3.8, 4) is 0 Å². The highest BCUT2D eigenvalue weighted by atomic mass is 16.5. The van der Waals surface area contributed by atoms with Crippen LogP contribution in [0.2, 0.25) is 0 Å². The first-order valence-corrected chi connectivity index (χ1v) is 9.63. The van der Waals surface area contributed by atoms with Crippen molar-refractivity contribution in [1.29, 1.82) is 0 Å². The second kappa shape index (κ2) is 9.22. The molecule has 0 unspecified atom stereocenters. The van der Waals surface area contributed by atoms with E-state index in [0.717, 1.165) is 0 Å². The summed E-state index contributed by atoms with van der Waals surface area (Å²) in [6.45, 7) is 19.2. The van der Waals surface area contributed by atoms with E-state index in [0.29, 0.717) is 29.7 Å². The molecule has 1 rings (SSSR count). The van der Waals surface area contributed by atoms with Crippen LogP contribution in [0, 0.1) is 0 Å². The number of hydrogen-bond donors (Lipinski definition) is 0. The van der Waals surface area contributed by atoms with Gasteiger partial charge in [-0.2, -0.15) is 0 Å². The fourth-order valence-corrected chi connectivity index (χ4v) is 3.10. The van der Waals surface area contributed by atoms with E-state index in [4.69, 9.17) is 4.74 Å². The second-order valence-electron chi connectivity index (χ2n) is 7.93. The average Bonchev–Trinajstić information content (AvgIpc) is 2.56. The molecule has 0 aromatic heterocycles. The third-order valence-corrected chi connectivity index (χ3v) is 4.79. The van der Waals surface area contributed by atoms with E-state index in [-0.39, 0.29) is 11.9 Å². The van der Waals surface area contributed by atoms with Gasteiger partial charge in [0.05, 0.1) is 6.26 Å². The molecule has 0 N–H and O–H groups in total. The SMILES string of the molecule is CCC(=O)/C(C)=C/O[C@H](C)c1c(C(C)C)cc(C(C)C)cc1C(C)C. The Kier molecular flexibility index (Phi) is 7.92. The highest BCUT2D eigenvalue weighted by Gasteiger charge is 2.21. The fourth-order valence-electron chi connectivity index (χ4n) is 3.10. The molecule has 1 aromatic rings. The lowest BCUT2D eigenvalue weighted by molar-refractivity contribution is -0.115. The molecule has 0 saturated carbocycles. The van der Waals surface area contributed by atoms with Crippen LogP contribution in [0.25, 0.3) is 0 Å². The van der Waals surface area contributed by atoms with Gasteiger partial charge in [-0.1, -0.05) is 60.6 Å². The van der Waals surface area contributed by atoms with Gasteiger partial charge in [-0.05, 0) is 53.9 Å². The zero-order valence-electron chi connectivity index (χ0n) is 17.6. The molecule has 25 heavy (non-hydrogen) atoms. The zero-order valence-corrected chi connectivity index (χ0v) is 17.6. The zero-order chi connectivity index (χ0) is 19.3. The third-order valence-electron chi connectivity index (χ3n) is 4.79. The minimum Gasteiger partial charge on any atom is -0.493 e. The van der Waals surface area contributed by atoms with Crippen molar-refractivity contribution in [3.05, 3.63) is 46.2 Å². The molecule has 0 heterocycles. The lowest BCUT2D eigenvalue weighted by atomic mass is 9.82. The molecule has 1 atom stereocenters. The Bertz CT molecular complexity index is 592. The summed E-state index contributed by atoms with van der Waals surface area (Å²) in [6.07, 6.45) is 2.08. The summed E-state index contributed by atoms with van der Waals surface area (Å²) < 4.78 is 6.01. The van der Waals surface area contributed by atoms with Gasteiger partial charge < -0.3 is 4.74 Å². The van der Waals surface area contributed by atoms with Crippen LogP contribution in [0.5, 0.6) is 0 Å². The molecule has 2 heteroatoms. The largest absolute Gasteiger partial charge is 0.493 e. The van der Waals surface area contributed by atoms with E-state index in [1.54, 1.807) is 6.26 Å². The summed E-state index contributed by atoms with van der Waals surface area (Å²) in [7, 11) is 0. The summed E-state index contributed by atoms with van der Waals surface area (Å²) in [5, 5.41) is 0. The molecule has 0 amide bonds.